The first-order chi connectivity index (χ1) is 12.1. The van der Waals surface area contributed by atoms with Crippen LogP contribution in [0.5, 0.6) is 5.88 Å². The molecule has 0 aliphatic carbocycles. The molecule has 6 heteroatoms. The van der Waals surface area contributed by atoms with E-state index in [4.69, 9.17) is 0 Å². The molecule has 0 saturated heterocycles. The molecule has 0 atom stereocenters. The highest BCUT2D eigenvalue weighted by Crippen LogP contribution is 2.32. The van der Waals surface area contributed by atoms with Crippen molar-refractivity contribution in [3.8, 4) is 22.8 Å². The number of hydrogen-bond acceptors (Lipinski definition) is 3. The van der Waals surface area contributed by atoms with Crippen molar-refractivity contribution in [2.45, 2.75) is 20.4 Å². The van der Waals surface area contributed by atoms with Crippen LogP contribution in [0.2, 0.25) is 0 Å². The van der Waals surface area contributed by atoms with E-state index in [1.807, 2.05) is 38.2 Å². The normalized spacial score (nSPS) is 11.3. The maximum absolute atomic E-state index is 14.0. The zero-order valence-electron chi connectivity index (χ0n) is 13.9. The number of aromatic hydroxyl groups is 1. The Morgan fingerprint density at radius 1 is 1.16 bits per heavy atom. The van der Waals surface area contributed by atoms with Crippen molar-refractivity contribution in [2.75, 3.05) is 0 Å². The van der Waals surface area contributed by atoms with E-state index < -0.39 is 0 Å². The molecule has 0 radical (unpaired) electrons. The van der Waals surface area contributed by atoms with Crippen LogP contribution in [-0.2, 0) is 6.54 Å². The van der Waals surface area contributed by atoms with Crippen molar-refractivity contribution in [3.05, 3.63) is 60.2 Å². The molecule has 0 aliphatic heterocycles. The van der Waals surface area contributed by atoms with Gasteiger partial charge in [0, 0.05) is 29.1 Å². The Bertz CT molecular complexity index is 1080. The van der Waals surface area contributed by atoms with Crippen LogP contribution >= 0.6 is 0 Å². The molecule has 126 valence electrons. The monoisotopic (exact) mass is 336 g/mol. The van der Waals surface area contributed by atoms with Gasteiger partial charge in [-0.1, -0.05) is 23.4 Å². The van der Waals surface area contributed by atoms with Gasteiger partial charge in [0.25, 0.3) is 0 Å². The second-order valence-corrected chi connectivity index (χ2v) is 5.93. The number of aromatic nitrogens is 4. The zero-order chi connectivity index (χ0) is 17.6. The number of nitrogens with zero attached hydrogens (tertiary/aromatic N) is 4. The molecular weight excluding hydrogens is 319 g/mol. The van der Waals surface area contributed by atoms with E-state index in [2.05, 4.69) is 10.3 Å². The number of fused-ring (bicyclic) bond motifs is 1. The third kappa shape index (κ3) is 2.38. The summed E-state index contributed by atoms with van der Waals surface area (Å²) in [5.41, 5.74) is 2.69. The molecule has 5 nitrogen and oxygen atoms in total. The first-order valence-corrected chi connectivity index (χ1v) is 8.09. The standard InChI is InChI=1S/C19H17FN4O/c1-3-23-11-14-10-13(8-9-15(14)19(23)25)18-12(2)24(22-21-18)17-7-5-4-6-16(17)20/h4-11,25H,3H2,1-2H3. The van der Waals surface area contributed by atoms with E-state index >= 15 is 0 Å². The molecule has 25 heavy (non-hydrogen) atoms. The maximum Gasteiger partial charge on any atom is 0.199 e. The first kappa shape index (κ1) is 15.4. The lowest BCUT2D eigenvalue weighted by Gasteiger charge is -2.05. The van der Waals surface area contributed by atoms with Crippen molar-refractivity contribution in [1.29, 1.82) is 0 Å². The van der Waals surface area contributed by atoms with Gasteiger partial charge in [-0.15, -0.1) is 5.10 Å². The molecule has 2 aromatic heterocycles. The quantitative estimate of drug-likeness (QED) is 0.614. The van der Waals surface area contributed by atoms with Crippen molar-refractivity contribution in [2.24, 2.45) is 0 Å². The van der Waals surface area contributed by atoms with Gasteiger partial charge in [-0.25, -0.2) is 9.07 Å². The van der Waals surface area contributed by atoms with Crippen molar-refractivity contribution in [3.63, 3.8) is 0 Å². The fraction of sp³-hybridized carbons (Fsp3) is 0.158. The highest BCUT2D eigenvalue weighted by molar-refractivity contribution is 5.91. The van der Waals surface area contributed by atoms with E-state index in [1.54, 1.807) is 22.8 Å². The fourth-order valence-electron chi connectivity index (χ4n) is 3.09. The predicted molar refractivity (Wildman–Crippen MR) is 94.3 cm³/mol. The Morgan fingerprint density at radius 2 is 1.96 bits per heavy atom. The highest BCUT2D eigenvalue weighted by Gasteiger charge is 2.16. The third-order valence-corrected chi connectivity index (χ3v) is 4.45. The molecule has 2 aromatic carbocycles. The molecule has 0 bridgehead atoms. The van der Waals surface area contributed by atoms with Gasteiger partial charge in [0.1, 0.15) is 17.2 Å². The average molecular weight is 336 g/mol. The molecule has 1 N–H and O–H groups in total. The van der Waals surface area contributed by atoms with Gasteiger partial charge in [0.15, 0.2) is 5.88 Å². The summed E-state index contributed by atoms with van der Waals surface area (Å²) in [7, 11) is 0. The van der Waals surface area contributed by atoms with Crippen LogP contribution in [0.1, 0.15) is 12.6 Å². The smallest absolute Gasteiger partial charge is 0.199 e. The van der Waals surface area contributed by atoms with Crippen molar-refractivity contribution in [1.82, 2.24) is 19.6 Å². The summed E-state index contributed by atoms with van der Waals surface area (Å²) in [4.78, 5) is 0. The molecular formula is C19H17FN4O. The minimum absolute atomic E-state index is 0.260. The third-order valence-electron chi connectivity index (χ3n) is 4.45. The Labute approximate surface area is 143 Å². The van der Waals surface area contributed by atoms with E-state index in [0.717, 1.165) is 22.0 Å². The SMILES string of the molecule is CCn1cc2cc(-c3nnn(-c4ccccc4F)c3C)ccc2c1O. The maximum atomic E-state index is 14.0. The molecule has 0 unspecified atom stereocenters. The molecule has 4 aromatic rings. The summed E-state index contributed by atoms with van der Waals surface area (Å²) in [6.45, 7) is 4.53. The number of halogens is 1. The van der Waals surface area contributed by atoms with Crippen LogP contribution in [0.25, 0.3) is 27.7 Å². The van der Waals surface area contributed by atoms with Gasteiger partial charge in [0.2, 0.25) is 0 Å². The zero-order valence-corrected chi connectivity index (χ0v) is 13.9. The molecule has 0 spiro atoms. The van der Waals surface area contributed by atoms with Crippen LogP contribution in [0.3, 0.4) is 0 Å². The van der Waals surface area contributed by atoms with Gasteiger partial charge in [0.05, 0.1) is 5.69 Å². The predicted octanol–water partition coefficient (Wildman–Crippen LogP) is 4.06. The first-order valence-electron chi connectivity index (χ1n) is 8.09. The minimum atomic E-state index is -0.345. The largest absolute Gasteiger partial charge is 0.494 e. The van der Waals surface area contributed by atoms with Crippen molar-refractivity contribution >= 4 is 10.8 Å². The van der Waals surface area contributed by atoms with Gasteiger partial charge in [-0.2, -0.15) is 0 Å². The van der Waals surface area contributed by atoms with Crippen LogP contribution < -0.4 is 0 Å². The number of benzene rings is 2. The number of rotatable bonds is 3. The fourth-order valence-corrected chi connectivity index (χ4v) is 3.09. The number of para-hydroxylation sites is 1. The molecule has 0 aliphatic rings. The lowest BCUT2D eigenvalue weighted by molar-refractivity contribution is 0.427. The van der Waals surface area contributed by atoms with Crippen LogP contribution in [0.4, 0.5) is 4.39 Å². The molecule has 0 amide bonds. The lowest BCUT2D eigenvalue weighted by Crippen LogP contribution is -2.01. The Balaban J connectivity index is 1.83. The summed E-state index contributed by atoms with van der Waals surface area (Å²) >= 11 is 0. The van der Waals surface area contributed by atoms with Crippen molar-refractivity contribution < 1.29 is 9.50 Å². The van der Waals surface area contributed by atoms with Gasteiger partial charge >= 0.3 is 0 Å². The second kappa shape index (κ2) is 5.73. The van der Waals surface area contributed by atoms with Crippen LogP contribution in [0.15, 0.2) is 48.7 Å². The number of aryl methyl sites for hydroxylation is 1. The second-order valence-electron chi connectivity index (χ2n) is 5.93. The molecule has 0 fully saturated rings. The average Bonchev–Trinajstić information content (AvgIpc) is 3.15. The van der Waals surface area contributed by atoms with Gasteiger partial charge in [-0.3, -0.25) is 0 Å². The van der Waals surface area contributed by atoms with Crippen LogP contribution in [0, 0.1) is 12.7 Å². The Hall–Kier alpha value is -3.15. The van der Waals surface area contributed by atoms with E-state index in [0.29, 0.717) is 17.9 Å². The minimum Gasteiger partial charge on any atom is -0.494 e. The highest BCUT2D eigenvalue weighted by atomic mass is 19.1. The number of hydrogen-bond donors (Lipinski definition) is 1. The summed E-state index contributed by atoms with van der Waals surface area (Å²) < 4.78 is 17.3. The summed E-state index contributed by atoms with van der Waals surface area (Å²) in [6, 6.07) is 12.2. The van der Waals surface area contributed by atoms with E-state index in [9.17, 15) is 9.50 Å². The topological polar surface area (TPSA) is 55.9 Å². The van der Waals surface area contributed by atoms with Gasteiger partial charge < -0.3 is 9.67 Å². The van der Waals surface area contributed by atoms with E-state index in [1.165, 1.54) is 10.7 Å². The Morgan fingerprint density at radius 3 is 2.72 bits per heavy atom. The van der Waals surface area contributed by atoms with Gasteiger partial charge in [-0.05, 0) is 38.1 Å². The summed E-state index contributed by atoms with van der Waals surface area (Å²) in [5, 5.41) is 20.3. The summed E-state index contributed by atoms with van der Waals surface area (Å²) in [5.74, 6) is -0.0850. The van der Waals surface area contributed by atoms with E-state index in [-0.39, 0.29) is 11.7 Å². The molecule has 4 rings (SSSR count). The summed E-state index contributed by atoms with van der Waals surface area (Å²) in [6.07, 6.45) is 1.91. The molecule has 0 saturated carbocycles. The Kier molecular flexibility index (Phi) is 3.53. The van der Waals surface area contributed by atoms with Crippen LogP contribution in [-0.4, -0.2) is 24.7 Å². The molecule has 2 heterocycles. The lowest BCUT2D eigenvalue weighted by atomic mass is 10.1.